The van der Waals surface area contributed by atoms with Crippen molar-refractivity contribution >= 4 is 17.6 Å². The van der Waals surface area contributed by atoms with Crippen molar-refractivity contribution in [1.29, 1.82) is 0 Å². The van der Waals surface area contributed by atoms with Gasteiger partial charge in [-0.2, -0.15) is 0 Å². The van der Waals surface area contributed by atoms with Crippen LogP contribution < -0.4 is 5.32 Å². The van der Waals surface area contributed by atoms with Crippen LogP contribution in [0.25, 0.3) is 0 Å². The van der Waals surface area contributed by atoms with Gasteiger partial charge in [0.2, 0.25) is 11.8 Å². The highest BCUT2D eigenvalue weighted by molar-refractivity contribution is 5.88. The molecule has 8 nitrogen and oxygen atoms in total. The Balaban J connectivity index is 4.80. The predicted molar refractivity (Wildman–Crippen MR) is 89.3 cm³/mol. The number of hydrogen-bond acceptors (Lipinski definition) is 6. The molecule has 0 aromatic rings. The quantitative estimate of drug-likeness (QED) is 0.333. The molecule has 0 rings (SSSR count). The zero-order chi connectivity index (χ0) is 18.4. The molecule has 0 aromatic heterocycles. The Labute approximate surface area is 143 Å². The number of nitrogens with one attached hydrogen (secondary N) is 1. The number of carbonyl (C=O) groups excluding carboxylic acids is 3. The Morgan fingerprint density at radius 3 is 2.00 bits per heavy atom. The number of carbonyl (C=O) groups is 3. The minimum Gasteiger partial charge on any atom is -0.383 e. The summed E-state index contributed by atoms with van der Waals surface area (Å²) in [6, 6.07) is 0. The number of Topliss-reactive ketones (excluding diaryl/α,β-unsaturated/α-hetero) is 1. The molecule has 0 aliphatic rings. The van der Waals surface area contributed by atoms with Gasteiger partial charge in [0.25, 0.3) is 0 Å². The van der Waals surface area contributed by atoms with Crippen molar-refractivity contribution in [3.63, 3.8) is 0 Å². The molecule has 0 aromatic carbocycles. The minimum absolute atomic E-state index is 0.0101. The average Bonchev–Trinajstić information content (AvgIpc) is 2.54. The molecule has 1 N–H and O–H groups in total. The zero-order valence-corrected chi connectivity index (χ0v) is 14.7. The fraction of sp³-hybridized carbons (Fsp3) is 0.688. The van der Waals surface area contributed by atoms with Crippen LogP contribution in [0, 0.1) is 12.3 Å². The summed E-state index contributed by atoms with van der Waals surface area (Å²) in [4.78, 5) is 38.7. The molecule has 0 saturated carbocycles. The fourth-order valence-electron chi connectivity index (χ4n) is 1.87. The van der Waals surface area contributed by atoms with E-state index in [4.69, 9.17) is 15.9 Å². The molecule has 0 radical (unpaired) electrons. The van der Waals surface area contributed by atoms with Gasteiger partial charge in [-0.3, -0.25) is 19.7 Å². The third kappa shape index (κ3) is 9.94. The Hall–Kier alpha value is -1.95. The zero-order valence-electron chi connectivity index (χ0n) is 14.7. The smallest absolute Gasteiger partial charge is 0.242 e. The van der Waals surface area contributed by atoms with Crippen LogP contribution in [-0.4, -0.2) is 94.1 Å². The van der Waals surface area contributed by atoms with E-state index in [0.29, 0.717) is 13.2 Å². The fourth-order valence-corrected chi connectivity index (χ4v) is 1.87. The van der Waals surface area contributed by atoms with Crippen LogP contribution in [0.15, 0.2) is 0 Å². The number of nitrogens with zero attached hydrogens (tertiary/aromatic N) is 2. The van der Waals surface area contributed by atoms with Crippen molar-refractivity contribution in [1.82, 2.24) is 15.1 Å². The molecule has 0 unspecified atom stereocenters. The van der Waals surface area contributed by atoms with Crippen molar-refractivity contribution in [2.45, 2.75) is 6.92 Å². The second-order valence-electron chi connectivity index (χ2n) is 5.13. The molecular formula is C16H27N3O5. The summed E-state index contributed by atoms with van der Waals surface area (Å²) in [6.45, 7) is 2.75. The first-order chi connectivity index (χ1) is 11.5. The van der Waals surface area contributed by atoms with Crippen LogP contribution in [0.3, 0.4) is 0 Å². The molecule has 8 heteroatoms. The lowest BCUT2D eigenvalue weighted by Crippen LogP contribution is -2.48. The molecule has 24 heavy (non-hydrogen) atoms. The third-order valence-corrected chi connectivity index (χ3v) is 3.08. The third-order valence-electron chi connectivity index (χ3n) is 3.08. The van der Waals surface area contributed by atoms with Crippen LogP contribution in [0.2, 0.25) is 0 Å². The maximum absolute atomic E-state index is 12.4. The summed E-state index contributed by atoms with van der Waals surface area (Å²) in [5.41, 5.74) is 0. The molecule has 0 atom stereocenters. The van der Waals surface area contributed by atoms with Crippen molar-refractivity contribution in [2.24, 2.45) is 0 Å². The standard InChI is InChI=1S/C16H27N3O5/c1-5-6-17-11-15(21)19(8-10-24-4)13-16(22)18(7-9-23-3)12-14(2)20/h1,17H,6-13H2,2-4H3. The number of methoxy groups -OCH3 is 2. The van der Waals surface area contributed by atoms with E-state index in [1.165, 1.54) is 30.9 Å². The van der Waals surface area contributed by atoms with Gasteiger partial charge in [0.15, 0.2) is 0 Å². The van der Waals surface area contributed by atoms with E-state index in [2.05, 4.69) is 11.2 Å². The number of rotatable bonds is 13. The molecule has 0 fully saturated rings. The van der Waals surface area contributed by atoms with E-state index in [9.17, 15) is 14.4 Å². The molecule has 0 bridgehead atoms. The monoisotopic (exact) mass is 341 g/mol. The SMILES string of the molecule is C#CCNCC(=O)N(CCOC)CC(=O)N(CCOC)CC(C)=O. The molecule has 2 amide bonds. The maximum Gasteiger partial charge on any atom is 0.242 e. The maximum atomic E-state index is 12.4. The molecule has 136 valence electrons. The lowest BCUT2D eigenvalue weighted by atomic mass is 10.3. The van der Waals surface area contributed by atoms with Crippen LogP contribution >= 0.6 is 0 Å². The summed E-state index contributed by atoms with van der Waals surface area (Å²) >= 11 is 0. The average molecular weight is 341 g/mol. The van der Waals surface area contributed by atoms with Gasteiger partial charge < -0.3 is 19.3 Å². The van der Waals surface area contributed by atoms with E-state index in [1.807, 2.05) is 0 Å². The number of hydrogen-bond donors (Lipinski definition) is 1. The molecule has 0 aliphatic carbocycles. The Morgan fingerprint density at radius 1 is 1.00 bits per heavy atom. The Morgan fingerprint density at radius 2 is 1.54 bits per heavy atom. The predicted octanol–water partition coefficient (Wildman–Crippen LogP) is -1.25. The largest absolute Gasteiger partial charge is 0.383 e. The number of ether oxygens (including phenoxy) is 2. The molecule has 0 aliphatic heterocycles. The minimum atomic E-state index is -0.316. The van der Waals surface area contributed by atoms with Crippen LogP contribution in [0.4, 0.5) is 0 Å². The highest BCUT2D eigenvalue weighted by Gasteiger charge is 2.21. The van der Waals surface area contributed by atoms with Gasteiger partial charge in [0.05, 0.1) is 39.4 Å². The van der Waals surface area contributed by atoms with E-state index in [0.717, 1.165) is 0 Å². The normalized spacial score (nSPS) is 10.1. The van der Waals surface area contributed by atoms with Gasteiger partial charge in [-0.25, -0.2) is 0 Å². The first-order valence-electron chi connectivity index (χ1n) is 7.63. The van der Waals surface area contributed by atoms with Crippen LogP contribution in [-0.2, 0) is 23.9 Å². The van der Waals surface area contributed by atoms with Crippen molar-refractivity contribution in [2.75, 3.05) is 66.7 Å². The summed E-state index contributed by atoms with van der Waals surface area (Å²) in [6.07, 6.45) is 5.12. The molecule has 0 spiro atoms. The van der Waals surface area contributed by atoms with E-state index in [1.54, 1.807) is 0 Å². The van der Waals surface area contributed by atoms with Gasteiger partial charge in [0.1, 0.15) is 5.78 Å². The second-order valence-corrected chi connectivity index (χ2v) is 5.13. The van der Waals surface area contributed by atoms with E-state index in [-0.39, 0.29) is 56.9 Å². The van der Waals surface area contributed by atoms with Gasteiger partial charge in [-0.15, -0.1) is 6.42 Å². The summed E-state index contributed by atoms with van der Waals surface area (Å²) < 4.78 is 9.93. The molecule has 0 heterocycles. The first-order valence-corrected chi connectivity index (χ1v) is 7.63. The lowest BCUT2D eigenvalue weighted by molar-refractivity contribution is -0.142. The lowest BCUT2D eigenvalue weighted by Gasteiger charge is -2.27. The Kier molecular flexibility index (Phi) is 12.4. The molecular weight excluding hydrogens is 314 g/mol. The Bertz CT molecular complexity index is 447. The van der Waals surface area contributed by atoms with E-state index < -0.39 is 0 Å². The number of terminal acetylenes is 1. The summed E-state index contributed by atoms with van der Waals surface area (Å²) in [7, 11) is 3.03. The van der Waals surface area contributed by atoms with Crippen molar-refractivity contribution in [3.05, 3.63) is 0 Å². The van der Waals surface area contributed by atoms with Crippen LogP contribution in [0.5, 0.6) is 0 Å². The molecule has 0 saturated heterocycles. The van der Waals surface area contributed by atoms with Gasteiger partial charge in [0, 0.05) is 27.3 Å². The van der Waals surface area contributed by atoms with Gasteiger partial charge in [-0.05, 0) is 6.92 Å². The van der Waals surface area contributed by atoms with Crippen LogP contribution in [0.1, 0.15) is 6.92 Å². The second kappa shape index (κ2) is 13.5. The topological polar surface area (TPSA) is 88.2 Å². The van der Waals surface area contributed by atoms with Crippen molar-refractivity contribution in [3.8, 4) is 12.3 Å². The van der Waals surface area contributed by atoms with Gasteiger partial charge in [-0.1, -0.05) is 5.92 Å². The van der Waals surface area contributed by atoms with E-state index >= 15 is 0 Å². The number of ketones is 1. The number of amides is 2. The summed E-state index contributed by atoms with van der Waals surface area (Å²) in [5, 5.41) is 2.79. The highest BCUT2D eigenvalue weighted by Crippen LogP contribution is 1.97. The highest BCUT2D eigenvalue weighted by atomic mass is 16.5. The van der Waals surface area contributed by atoms with Crippen molar-refractivity contribution < 1.29 is 23.9 Å². The van der Waals surface area contributed by atoms with Gasteiger partial charge >= 0.3 is 0 Å². The first kappa shape index (κ1) is 22.1. The summed E-state index contributed by atoms with van der Waals surface area (Å²) in [5.74, 6) is 1.67.